The normalized spacial score (nSPS) is 19.1. The summed E-state index contributed by atoms with van der Waals surface area (Å²) in [6.45, 7) is 10.9. The molecule has 0 fully saturated rings. The van der Waals surface area contributed by atoms with Gasteiger partial charge in [0.1, 0.15) is 0 Å². The molecule has 0 aromatic rings. The number of rotatable bonds is 9. The van der Waals surface area contributed by atoms with Gasteiger partial charge in [0.25, 0.3) is 0 Å². The summed E-state index contributed by atoms with van der Waals surface area (Å²) in [4.78, 5) is 0. The van der Waals surface area contributed by atoms with Gasteiger partial charge in [-0.25, -0.2) is 0 Å². The standard InChI is InChI=1S/C14H30O2/c1-7-9-14(8-2)10-11(3)12(4)16-13(5)15-6/h11-14H,7-10H2,1-6H3. The van der Waals surface area contributed by atoms with Gasteiger partial charge < -0.3 is 9.47 Å². The Balaban J connectivity index is 3.96. The molecule has 4 unspecified atom stereocenters. The third-order valence-corrected chi connectivity index (χ3v) is 3.52. The topological polar surface area (TPSA) is 18.5 Å². The fourth-order valence-corrected chi connectivity index (χ4v) is 2.11. The predicted octanol–water partition coefficient (Wildman–Crippen LogP) is 4.24. The van der Waals surface area contributed by atoms with E-state index in [2.05, 4.69) is 27.7 Å². The molecule has 98 valence electrons. The van der Waals surface area contributed by atoms with Crippen molar-refractivity contribution in [3.8, 4) is 0 Å². The molecule has 0 aliphatic rings. The quantitative estimate of drug-likeness (QED) is 0.552. The Labute approximate surface area is 102 Å². The van der Waals surface area contributed by atoms with Crippen molar-refractivity contribution in [2.24, 2.45) is 11.8 Å². The Hall–Kier alpha value is -0.0800. The third kappa shape index (κ3) is 6.49. The first-order valence-corrected chi connectivity index (χ1v) is 6.73. The van der Waals surface area contributed by atoms with E-state index in [4.69, 9.17) is 9.47 Å². The van der Waals surface area contributed by atoms with Gasteiger partial charge in [-0.1, -0.05) is 40.0 Å². The van der Waals surface area contributed by atoms with Gasteiger partial charge in [-0.3, -0.25) is 0 Å². The van der Waals surface area contributed by atoms with Crippen LogP contribution in [0.5, 0.6) is 0 Å². The summed E-state index contributed by atoms with van der Waals surface area (Å²) >= 11 is 0. The molecule has 2 nitrogen and oxygen atoms in total. The van der Waals surface area contributed by atoms with E-state index >= 15 is 0 Å². The SMILES string of the molecule is CCCC(CC)CC(C)C(C)OC(C)OC. The largest absolute Gasteiger partial charge is 0.356 e. The molecule has 0 spiro atoms. The molecule has 0 saturated carbocycles. The maximum Gasteiger partial charge on any atom is 0.154 e. The van der Waals surface area contributed by atoms with Crippen LogP contribution in [0.25, 0.3) is 0 Å². The molecule has 0 saturated heterocycles. The first-order chi connectivity index (χ1) is 7.54. The van der Waals surface area contributed by atoms with Gasteiger partial charge in [-0.05, 0) is 32.1 Å². The Morgan fingerprint density at radius 2 is 1.69 bits per heavy atom. The number of hydrogen-bond donors (Lipinski definition) is 0. The second kappa shape index (κ2) is 9.00. The van der Waals surface area contributed by atoms with E-state index < -0.39 is 0 Å². The maximum atomic E-state index is 5.76. The summed E-state index contributed by atoms with van der Waals surface area (Å²) in [5, 5.41) is 0. The van der Waals surface area contributed by atoms with Crippen LogP contribution in [-0.4, -0.2) is 19.5 Å². The molecule has 4 atom stereocenters. The monoisotopic (exact) mass is 230 g/mol. The summed E-state index contributed by atoms with van der Waals surface area (Å²) in [6, 6.07) is 0. The predicted molar refractivity (Wildman–Crippen MR) is 69.5 cm³/mol. The molecule has 0 heterocycles. The lowest BCUT2D eigenvalue weighted by molar-refractivity contribution is -0.152. The summed E-state index contributed by atoms with van der Waals surface area (Å²) in [5.41, 5.74) is 0. The van der Waals surface area contributed by atoms with E-state index in [1.54, 1.807) is 7.11 Å². The lowest BCUT2D eigenvalue weighted by atomic mass is 9.88. The Bertz CT molecular complexity index is 159. The van der Waals surface area contributed by atoms with Gasteiger partial charge in [0.2, 0.25) is 0 Å². The van der Waals surface area contributed by atoms with E-state index in [0.717, 1.165) is 5.92 Å². The second-order valence-corrected chi connectivity index (χ2v) is 4.92. The van der Waals surface area contributed by atoms with Crippen molar-refractivity contribution in [3.05, 3.63) is 0 Å². The maximum absolute atomic E-state index is 5.76. The fraction of sp³-hybridized carbons (Fsp3) is 1.00. The van der Waals surface area contributed by atoms with Crippen molar-refractivity contribution in [2.75, 3.05) is 7.11 Å². The van der Waals surface area contributed by atoms with E-state index in [9.17, 15) is 0 Å². The van der Waals surface area contributed by atoms with Crippen LogP contribution in [0.15, 0.2) is 0 Å². The van der Waals surface area contributed by atoms with Crippen LogP contribution in [0.4, 0.5) is 0 Å². The molecule has 0 radical (unpaired) electrons. The van der Waals surface area contributed by atoms with Crippen LogP contribution < -0.4 is 0 Å². The molecule has 0 aliphatic heterocycles. The highest BCUT2D eigenvalue weighted by atomic mass is 16.7. The lowest BCUT2D eigenvalue weighted by Crippen LogP contribution is -2.26. The minimum Gasteiger partial charge on any atom is -0.356 e. The van der Waals surface area contributed by atoms with Crippen molar-refractivity contribution in [2.45, 2.75) is 72.7 Å². The summed E-state index contributed by atoms with van der Waals surface area (Å²) < 4.78 is 10.9. The molecule has 0 aromatic carbocycles. The van der Waals surface area contributed by atoms with Crippen molar-refractivity contribution >= 4 is 0 Å². The minimum atomic E-state index is -0.0938. The van der Waals surface area contributed by atoms with Crippen LogP contribution >= 0.6 is 0 Å². The average Bonchev–Trinajstić information content (AvgIpc) is 2.27. The van der Waals surface area contributed by atoms with Crippen LogP contribution in [0.3, 0.4) is 0 Å². The van der Waals surface area contributed by atoms with Crippen LogP contribution in [-0.2, 0) is 9.47 Å². The molecule has 0 aliphatic carbocycles. The number of methoxy groups -OCH3 is 1. The third-order valence-electron chi connectivity index (χ3n) is 3.52. The van der Waals surface area contributed by atoms with E-state index in [-0.39, 0.29) is 12.4 Å². The van der Waals surface area contributed by atoms with Gasteiger partial charge in [-0.15, -0.1) is 0 Å². The molecule has 0 N–H and O–H groups in total. The van der Waals surface area contributed by atoms with Crippen molar-refractivity contribution in [1.29, 1.82) is 0 Å². The molecular weight excluding hydrogens is 200 g/mol. The summed E-state index contributed by atoms with van der Waals surface area (Å²) in [7, 11) is 1.69. The van der Waals surface area contributed by atoms with Crippen LogP contribution in [0, 0.1) is 11.8 Å². The second-order valence-electron chi connectivity index (χ2n) is 4.92. The van der Waals surface area contributed by atoms with Gasteiger partial charge >= 0.3 is 0 Å². The highest BCUT2D eigenvalue weighted by Crippen LogP contribution is 2.24. The van der Waals surface area contributed by atoms with E-state index in [0.29, 0.717) is 5.92 Å². The minimum absolute atomic E-state index is 0.0938. The zero-order chi connectivity index (χ0) is 12.6. The first kappa shape index (κ1) is 15.9. The van der Waals surface area contributed by atoms with Crippen molar-refractivity contribution in [3.63, 3.8) is 0 Å². The molecular formula is C14H30O2. The summed E-state index contributed by atoms with van der Waals surface area (Å²) in [6.07, 6.45) is 5.36. The number of hydrogen-bond acceptors (Lipinski definition) is 2. The molecule has 0 aromatic heterocycles. The van der Waals surface area contributed by atoms with Gasteiger partial charge in [0.05, 0.1) is 6.10 Å². The number of ether oxygens (including phenoxy) is 2. The van der Waals surface area contributed by atoms with Crippen molar-refractivity contribution < 1.29 is 9.47 Å². The van der Waals surface area contributed by atoms with Gasteiger partial charge in [-0.2, -0.15) is 0 Å². The van der Waals surface area contributed by atoms with Crippen molar-refractivity contribution in [1.82, 2.24) is 0 Å². The van der Waals surface area contributed by atoms with E-state index in [1.807, 2.05) is 6.92 Å². The highest BCUT2D eigenvalue weighted by molar-refractivity contribution is 4.67. The Kier molecular flexibility index (Phi) is 8.96. The molecule has 0 rings (SSSR count). The first-order valence-electron chi connectivity index (χ1n) is 6.73. The Morgan fingerprint density at radius 3 is 2.12 bits per heavy atom. The highest BCUT2D eigenvalue weighted by Gasteiger charge is 2.18. The lowest BCUT2D eigenvalue weighted by Gasteiger charge is -2.26. The fourth-order valence-electron chi connectivity index (χ4n) is 2.11. The average molecular weight is 230 g/mol. The molecule has 2 heteroatoms. The van der Waals surface area contributed by atoms with Gasteiger partial charge in [0, 0.05) is 7.11 Å². The molecule has 16 heavy (non-hydrogen) atoms. The Morgan fingerprint density at radius 1 is 1.06 bits per heavy atom. The zero-order valence-corrected chi connectivity index (χ0v) is 12.0. The molecule has 0 amide bonds. The van der Waals surface area contributed by atoms with E-state index in [1.165, 1.54) is 25.7 Å². The smallest absolute Gasteiger partial charge is 0.154 e. The summed E-state index contributed by atoms with van der Waals surface area (Å²) in [5.74, 6) is 1.46. The molecule has 0 bridgehead atoms. The van der Waals surface area contributed by atoms with Crippen LogP contribution in [0.2, 0.25) is 0 Å². The zero-order valence-electron chi connectivity index (χ0n) is 12.0. The van der Waals surface area contributed by atoms with Gasteiger partial charge in [0.15, 0.2) is 6.29 Å². The van der Waals surface area contributed by atoms with Crippen LogP contribution in [0.1, 0.15) is 60.3 Å².